The van der Waals surface area contributed by atoms with Crippen molar-refractivity contribution in [2.24, 2.45) is 0 Å². The number of ether oxygens (including phenoxy) is 1. The highest BCUT2D eigenvalue weighted by Gasteiger charge is 2.41. The van der Waals surface area contributed by atoms with Crippen molar-refractivity contribution in [2.75, 3.05) is 0 Å². The third-order valence-corrected chi connectivity index (χ3v) is 6.71. The first-order valence-corrected chi connectivity index (χ1v) is 12.6. The maximum Gasteiger partial charge on any atom is 0.408 e. The summed E-state index contributed by atoms with van der Waals surface area (Å²) in [7, 11) is 0. The molecule has 0 radical (unpaired) electrons. The summed E-state index contributed by atoms with van der Waals surface area (Å²) in [6.07, 6.45) is 0.0566. The number of rotatable bonds is 9. The van der Waals surface area contributed by atoms with Crippen LogP contribution in [0.1, 0.15) is 47.0 Å². The van der Waals surface area contributed by atoms with Crippen LogP contribution in [0.4, 0.5) is 13.6 Å². The molecule has 4 aromatic rings. The van der Waals surface area contributed by atoms with Crippen LogP contribution >= 0.6 is 11.6 Å². The summed E-state index contributed by atoms with van der Waals surface area (Å²) in [6, 6.07) is 15.7. The Hall–Kier alpha value is -4.77. The fourth-order valence-electron chi connectivity index (χ4n) is 4.14. The van der Waals surface area contributed by atoms with E-state index < -0.39 is 46.8 Å². The lowest BCUT2D eigenvalue weighted by atomic mass is 9.90. The quantitative estimate of drug-likeness (QED) is 0.220. The average Bonchev–Trinajstić information content (AvgIpc) is 3.40. The number of carbonyl (C=O) groups is 3. The van der Waals surface area contributed by atoms with E-state index in [1.807, 2.05) is 0 Å². The first-order valence-electron chi connectivity index (χ1n) is 12.2. The second-order valence-corrected chi connectivity index (χ2v) is 9.58. The van der Waals surface area contributed by atoms with Gasteiger partial charge in [0.1, 0.15) is 29.7 Å². The van der Waals surface area contributed by atoms with Crippen molar-refractivity contribution in [3.8, 4) is 11.3 Å². The van der Waals surface area contributed by atoms with E-state index in [0.29, 0.717) is 27.4 Å². The van der Waals surface area contributed by atoms with Gasteiger partial charge in [0.15, 0.2) is 5.54 Å². The molecule has 0 aliphatic heterocycles. The lowest BCUT2D eigenvalue weighted by Crippen LogP contribution is -2.50. The van der Waals surface area contributed by atoms with E-state index >= 15 is 0 Å². The van der Waals surface area contributed by atoms with Crippen LogP contribution in [0.5, 0.6) is 0 Å². The van der Waals surface area contributed by atoms with Crippen molar-refractivity contribution in [1.29, 1.82) is 0 Å². The Morgan fingerprint density at radius 1 is 1.05 bits per heavy atom. The average molecular weight is 584 g/mol. The van der Waals surface area contributed by atoms with Gasteiger partial charge in [-0.3, -0.25) is 4.79 Å². The smallest absolute Gasteiger partial charge is 0.408 e. The van der Waals surface area contributed by atoms with Crippen LogP contribution in [0.25, 0.3) is 11.3 Å². The van der Waals surface area contributed by atoms with Crippen molar-refractivity contribution in [1.82, 2.24) is 15.8 Å². The summed E-state index contributed by atoms with van der Waals surface area (Å²) in [4.78, 5) is 37.2. The highest BCUT2D eigenvalue weighted by molar-refractivity contribution is 6.31. The molecule has 9 nitrogen and oxygen atoms in total. The van der Waals surface area contributed by atoms with Crippen LogP contribution in [0.3, 0.4) is 0 Å². The maximum atomic E-state index is 14.4. The fourth-order valence-corrected chi connectivity index (χ4v) is 4.42. The minimum atomic E-state index is -2.38. The number of nitrogens with zero attached hydrogens (tertiary/aromatic N) is 1. The molecule has 0 bridgehead atoms. The molecule has 1 aromatic heterocycles. The van der Waals surface area contributed by atoms with Gasteiger partial charge in [-0.05, 0) is 44.2 Å². The SMILES string of the molecule is CC(OC(=O)NCc1conc1-c1ccc(C(=O)NC(C)(C(=O)O)c2c(F)cccc2F)cc1)c1ccccc1Cl. The molecule has 0 aliphatic rings. The molecule has 0 saturated heterocycles. The number of amides is 2. The Labute approximate surface area is 238 Å². The summed E-state index contributed by atoms with van der Waals surface area (Å²) >= 11 is 6.15. The predicted molar refractivity (Wildman–Crippen MR) is 144 cm³/mol. The Morgan fingerprint density at radius 3 is 2.34 bits per heavy atom. The molecular weight excluding hydrogens is 560 g/mol. The molecule has 3 aromatic carbocycles. The monoisotopic (exact) mass is 583 g/mol. The van der Waals surface area contributed by atoms with Crippen LogP contribution < -0.4 is 10.6 Å². The third kappa shape index (κ3) is 6.36. The summed E-state index contributed by atoms with van der Waals surface area (Å²) in [6.45, 7) is 2.70. The van der Waals surface area contributed by atoms with Crippen LogP contribution in [0, 0.1) is 11.6 Å². The van der Waals surface area contributed by atoms with E-state index in [1.54, 1.807) is 31.2 Å². The number of aliphatic carboxylic acids is 1. The van der Waals surface area contributed by atoms with Crippen LogP contribution in [0.2, 0.25) is 5.02 Å². The van der Waals surface area contributed by atoms with E-state index in [9.17, 15) is 28.3 Å². The largest absolute Gasteiger partial charge is 0.479 e. The number of aromatic nitrogens is 1. The fraction of sp³-hybridized carbons (Fsp3) is 0.172. The number of carboxylic acid groups (broad SMARTS) is 1. The second kappa shape index (κ2) is 12.2. The third-order valence-electron chi connectivity index (χ3n) is 6.37. The Balaban J connectivity index is 1.43. The van der Waals surface area contributed by atoms with E-state index in [4.69, 9.17) is 20.9 Å². The maximum absolute atomic E-state index is 14.4. The van der Waals surface area contributed by atoms with Crippen molar-refractivity contribution in [2.45, 2.75) is 32.0 Å². The highest BCUT2D eigenvalue weighted by atomic mass is 35.5. The first-order chi connectivity index (χ1) is 19.5. The highest BCUT2D eigenvalue weighted by Crippen LogP contribution is 2.29. The van der Waals surface area contributed by atoms with Crippen molar-refractivity contribution in [3.05, 3.63) is 112 Å². The van der Waals surface area contributed by atoms with Crippen LogP contribution in [-0.4, -0.2) is 28.2 Å². The molecule has 2 amide bonds. The summed E-state index contributed by atoms with van der Waals surface area (Å²) in [5.41, 5.74) is -1.09. The van der Waals surface area contributed by atoms with Crippen molar-refractivity contribution in [3.63, 3.8) is 0 Å². The van der Waals surface area contributed by atoms with E-state index in [2.05, 4.69) is 15.8 Å². The molecular formula is C29H24ClF2N3O6. The van der Waals surface area contributed by atoms with Gasteiger partial charge in [0, 0.05) is 27.3 Å². The van der Waals surface area contributed by atoms with Gasteiger partial charge < -0.3 is 25.0 Å². The van der Waals surface area contributed by atoms with Gasteiger partial charge >= 0.3 is 12.1 Å². The van der Waals surface area contributed by atoms with Crippen molar-refractivity contribution < 1.29 is 37.5 Å². The minimum absolute atomic E-state index is 0.0142. The zero-order valence-electron chi connectivity index (χ0n) is 21.8. The second-order valence-electron chi connectivity index (χ2n) is 9.17. The number of benzene rings is 3. The zero-order chi connectivity index (χ0) is 29.7. The van der Waals surface area contributed by atoms with Gasteiger partial charge in [-0.25, -0.2) is 18.4 Å². The topological polar surface area (TPSA) is 131 Å². The Kier molecular flexibility index (Phi) is 8.68. The molecule has 2 atom stereocenters. The van der Waals surface area contributed by atoms with Gasteiger partial charge in [0.25, 0.3) is 5.91 Å². The summed E-state index contributed by atoms with van der Waals surface area (Å²) < 4.78 is 39.2. The molecule has 3 N–H and O–H groups in total. The standard InChI is InChI=1S/C29H24ClF2N3O6/c1-16(20-6-3-4-7-21(20)30)41-28(39)33-14-19-15-40-35-25(19)17-10-12-18(13-11-17)26(36)34-29(2,27(37)38)24-22(31)8-5-9-23(24)32/h3-13,15-16H,14H2,1-2H3,(H,33,39)(H,34,36)(H,37,38). The molecule has 0 aliphatic carbocycles. The number of halogens is 3. The number of carboxylic acids is 1. The van der Waals surface area contributed by atoms with E-state index in [1.165, 1.54) is 30.5 Å². The van der Waals surface area contributed by atoms with Crippen LogP contribution in [0.15, 0.2) is 77.5 Å². The zero-order valence-corrected chi connectivity index (χ0v) is 22.5. The van der Waals surface area contributed by atoms with E-state index in [-0.39, 0.29) is 12.1 Å². The Bertz CT molecular complexity index is 1570. The number of alkyl carbamates (subject to hydrolysis) is 1. The van der Waals surface area contributed by atoms with Gasteiger partial charge in [-0.15, -0.1) is 0 Å². The molecule has 1 heterocycles. The van der Waals surface area contributed by atoms with Gasteiger partial charge in [-0.1, -0.05) is 53.2 Å². The number of carbonyl (C=O) groups excluding carboxylic acids is 2. The van der Waals surface area contributed by atoms with E-state index in [0.717, 1.165) is 25.1 Å². The summed E-state index contributed by atoms with van der Waals surface area (Å²) in [5.74, 6) is -4.74. The molecule has 41 heavy (non-hydrogen) atoms. The molecule has 212 valence electrons. The molecule has 4 rings (SSSR count). The lowest BCUT2D eigenvalue weighted by Gasteiger charge is -2.27. The molecule has 2 unspecified atom stereocenters. The predicted octanol–water partition coefficient (Wildman–Crippen LogP) is 5.99. The number of hydrogen-bond donors (Lipinski definition) is 3. The van der Waals surface area contributed by atoms with Gasteiger partial charge in [0.2, 0.25) is 0 Å². The molecule has 12 heteroatoms. The number of nitrogens with one attached hydrogen (secondary N) is 2. The first kappa shape index (κ1) is 29.2. The van der Waals surface area contributed by atoms with Gasteiger partial charge in [-0.2, -0.15) is 0 Å². The van der Waals surface area contributed by atoms with Gasteiger partial charge in [0.05, 0.1) is 12.1 Å². The minimum Gasteiger partial charge on any atom is -0.479 e. The van der Waals surface area contributed by atoms with Crippen LogP contribution in [-0.2, 0) is 21.6 Å². The number of hydrogen-bond acceptors (Lipinski definition) is 6. The Morgan fingerprint density at radius 2 is 1.71 bits per heavy atom. The molecule has 0 saturated carbocycles. The molecule has 0 spiro atoms. The normalized spacial score (nSPS) is 13.1. The van der Waals surface area contributed by atoms with Crippen molar-refractivity contribution >= 4 is 29.6 Å². The summed E-state index contributed by atoms with van der Waals surface area (Å²) in [5, 5.41) is 19.0. The molecule has 0 fully saturated rings. The lowest BCUT2D eigenvalue weighted by molar-refractivity contribution is -0.144.